The van der Waals surface area contributed by atoms with Crippen molar-refractivity contribution in [1.29, 1.82) is 5.26 Å². The molecule has 1 saturated heterocycles. The minimum atomic E-state index is -4.64. The Bertz CT molecular complexity index is 1890. The number of nitrogens with two attached hydrogens (primary N) is 2. The number of benzene rings is 2. The number of aryl methyl sites for hydroxylation is 1. The van der Waals surface area contributed by atoms with E-state index in [0.717, 1.165) is 24.6 Å². The number of fused-ring (bicyclic) bond motifs is 1. The SMILES string of the molecule is CCCCCCCCCCCCCCc1ccc([C@H](COP(=O)(O)OC[C@]2(N)CC[C@H](c3ccc4c(N)ncnn34)O2)OCc2cc(F)cc(C#N)c2)cc1. The van der Waals surface area contributed by atoms with E-state index >= 15 is 0 Å². The predicted molar refractivity (Wildman–Crippen MR) is 209 cm³/mol. The van der Waals surface area contributed by atoms with Crippen molar-refractivity contribution in [3.05, 3.63) is 94.7 Å². The van der Waals surface area contributed by atoms with Gasteiger partial charge in [0.05, 0.1) is 30.5 Å². The summed E-state index contributed by atoms with van der Waals surface area (Å²) in [6.45, 7) is 1.44. The number of phosphoric acid groups is 1. The molecule has 5 rings (SSSR count). The molecule has 0 aliphatic carbocycles. The van der Waals surface area contributed by atoms with E-state index in [9.17, 15) is 19.1 Å². The van der Waals surface area contributed by atoms with Crippen LogP contribution in [0.15, 0.2) is 60.9 Å². The molecule has 0 amide bonds. The van der Waals surface area contributed by atoms with Crippen LogP contribution in [0.5, 0.6) is 0 Å². The van der Waals surface area contributed by atoms with E-state index < -0.39 is 38.2 Å². The highest BCUT2D eigenvalue weighted by molar-refractivity contribution is 7.47. The summed E-state index contributed by atoms with van der Waals surface area (Å²) < 4.78 is 52.0. The summed E-state index contributed by atoms with van der Waals surface area (Å²) in [6.07, 6.45) is 17.5. The van der Waals surface area contributed by atoms with Gasteiger partial charge in [0.1, 0.15) is 42.2 Å². The van der Waals surface area contributed by atoms with Gasteiger partial charge in [-0.2, -0.15) is 10.4 Å². The molecule has 3 heterocycles. The zero-order valence-corrected chi connectivity index (χ0v) is 32.8. The van der Waals surface area contributed by atoms with Crippen LogP contribution in [0, 0.1) is 17.1 Å². The average molecular weight is 779 g/mol. The summed E-state index contributed by atoms with van der Waals surface area (Å²) in [6, 6.07) is 17.4. The van der Waals surface area contributed by atoms with Crippen LogP contribution in [-0.4, -0.2) is 38.4 Å². The van der Waals surface area contributed by atoms with Crippen LogP contribution < -0.4 is 11.5 Å². The fourth-order valence-electron chi connectivity index (χ4n) is 7.00. The van der Waals surface area contributed by atoms with Crippen molar-refractivity contribution in [2.45, 2.75) is 128 Å². The lowest BCUT2D eigenvalue weighted by atomic mass is 10.0. The molecule has 1 aliphatic heterocycles. The monoisotopic (exact) mass is 778 g/mol. The third kappa shape index (κ3) is 13.2. The molecule has 14 heteroatoms. The average Bonchev–Trinajstić information content (AvgIpc) is 3.79. The van der Waals surface area contributed by atoms with Crippen LogP contribution in [0.4, 0.5) is 10.2 Å². The van der Waals surface area contributed by atoms with Crippen molar-refractivity contribution < 1.29 is 32.4 Å². The van der Waals surface area contributed by atoms with Gasteiger partial charge in [-0.25, -0.2) is 18.5 Å². The van der Waals surface area contributed by atoms with Gasteiger partial charge in [0.25, 0.3) is 0 Å². The van der Waals surface area contributed by atoms with Crippen molar-refractivity contribution in [3.63, 3.8) is 0 Å². The van der Waals surface area contributed by atoms with E-state index in [0.29, 0.717) is 35.3 Å². The zero-order chi connectivity index (χ0) is 39.1. The molecule has 4 aromatic rings. The molecule has 4 atom stereocenters. The number of nitrogens with zero attached hydrogens (tertiary/aromatic N) is 4. The second-order valence-electron chi connectivity index (χ2n) is 14.6. The van der Waals surface area contributed by atoms with Gasteiger partial charge in [-0.3, -0.25) is 9.05 Å². The first-order valence-electron chi connectivity index (χ1n) is 19.6. The number of hydrogen-bond donors (Lipinski definition) is 3. The third-order valence-electron chi connectivity index (χ3n) is 10.1. The van der Waals surface area contributed by atoms with Gasteiger partial charge in [0.15, 0.2) is 5.82 Å². The van der Waals surface area contributed by atoms with Crippen molar-refractivity contribution >= 4 is 19.2 Å². The van der Waals surface area contributed by atoms with Gasteiger partial charge >= 0.3 is 7.82 Å². The van der Waals surface area contributed by atoms with Crippen molar-refractivity contribution in [2.24, 2.45) is 5.73 Å². The molecule has 0 spiro atoms. The Morgan fingerprint density at radius 2 is 1.69 bits per heavy atom. The maximum atomic E-state index is 14.2. The Morgan fingerprint density at radius 3 is 2.38 bits per heavy atom. The maximum Gasteiger partial charge on any atom is 0.472 e. The predicted octanol–water partition coefficient (Wildman–Crippen LogP) is 9.16. The topological polar surface area (TPSA) is 180 Å². The van der Waals surface area contributed by atoms with Crippen LogP contribution in [0.3, 0.4) is 0 Å². The quantitative estimate of drug-likeness (QED) is 0.0456. The number of nitriles is 1. The molecular formula is C41H56FN6O6P. The van der Waals surface area contributed by atoms with Crippen molar-refractivity contribution in [1.82, 2.24) is 14.6 Å². The Hall–Kier alpha value is -3.73. The molecule has 1 unspecified atom stereocenters. The zero-order valence-electron chi connectivity index (χ0n) is 31.9. The van der Waals surface area contributed by atoms with E-state index in [-0.39, 0.29) is 18.8 Å². The highest BCUT2D eigenvalue weighted by Gasteiger charge is 2.41. The number of ether oxygens (including phenoxy) is 2. The number of nitrogen functional groups attached to an aromatic ring is 1. The van der Waals surface area contributed by atoms with Gasteiger partial charge in [-0.15, -0.1) is 0 Å². The fraction of sp³-hybridized carbons (Fsp3) is 0.537. The number of anilines is 1. The minimum absolute atomic E-state index is 0.0657. The molecule has 1 fully saturated rings. The number of halogens is 1. The third-order valence-corrected chi connectivity index (χ3v) is 11.0. The second kappa shape index (κ2) is 21.0. The number of rotatable bonds is 24. The molecule has 55 heavy (non-hydrogen) atoms. The first-order valence-corrected chi connectivity index (χ1v) is 21.1. The lowest BCUT2D eigenvalue weighted by molar-refractivity contribution is -0.0739. The Labute approximate surface area is 323 Å². The molecule has 12 nitrogen and oxygen atoms in total. The van der Waals surface area contributed by atoms with Crippen molar-refractivity contribution in [2.75, 3.05) is 18.9 Å². The number of aromatic nitrogens is 3. The standard InChI is InChI=1S/C41H56FN6O6P/c1-2-3-4-5-6-7-8-9-10-11-12-13-14-31-15-17-34(18-16-31)39(51-27-33-23-32(26-43)24-35(42)25-33)28-52-55(49,50)53-29-41(45)22-21-38(54-41)36-19-20-37-40(44)46-30-47-48(36)37/h15-20,23-25,30,38-39H,2-14,21-22,27-29,45H2,1H3,(H,49,50)(H2,44,46,47)/t38-,39+,41+/m1/s1. The van der Waals surface area contributed by atoms with E-state index in [4.69, 9.17) is 30.0 Å². The molecule has 0 radical (unpaired) electrons. The highest BCUT2D eigenvalue weighted by atomic mass is 31.2. The van der Waals surface area contributed by atoms with E-state index in [1.54, 1.807) is 10.6 Å². The van der Waals surface area contributed by atoms with Crippen LogP contribution in [0.2, 0.25) is 0 Å². The second-order valence-corrected chi connectivity index (χ2v) is 16.0. The summed E-state index contributed by atoms with van der Waals surface area (Å²) >= 11 is 0. The van der Waals surface area contributed by atoms with Gasteiger partial charge in [-0.1, -0.05) is 102 Å². The Morgan fingerprint density at radius 1 is 1.00 bits per heavy atom. The van der Waals surface area contributed by atoms with E-state index in [2.05, 4.69) is 17.0 Å². The summed E-state index contributed by atoms with van der Waals surface area (Å²) in [5.74, 6) is -0.230. The molecule has 298 valence electrons. The number of hydrogen-bond acceptors (Lipinski definition) is 10. The highest BCUT2D eigenvalue weighted by Crippen LogP contribution is 2.47. The lowest BCUT2D eigenvalue weighted by Crippen LogP contribution is -2.43. The van der Waals surface area contributed by atoms with Gasteiger partial charge < -0.3 is 25.8 Å². The van der Waals surface area contributed by atoms with Gasteiger partial charge in [0, 0.05) is 0 Å². The summed E-state index contributed by atoms with van der Waals surface area (Å²) in [7, 11) is -4.64. The van der Waals surface area contributed by atoms with Crippen molar-refractivity contribution in [3.8, 4) is 6.07 Å². The van der Waals surface area contributed by atoms with E-state index in [1.165, 1.54) is 94.7 Å². The van der Waals surface area contributed by atoms with Gasteiger partial charge in [-0.05, 0) is 72.7 Å². The Balaban J connectivity index is 1.12. The molecular weight excluding hydrogens is 722 g/mol. The largest absolute Gasteiger partial charge is 0.472 e. The number of phosphoric ester groups is 1. The molecule has 2 aromatic carbocycles. The van der Waals surface area contributed by atoms with Crippen LogP contribution in [0.25, 0.3) is 5.52 Å². The Kier molecular flexibility index (Phi) is 16.2. The first kappa shape index (κ1) is 42.4. The minimum Gasteiger partial charge on any atom is -0.382 e. The molecule has 0 bridgehead atoms. The number of unbranched alkanes of at least 4 members (excludes halogenated alkanes) is 11. The summed E-state index contributed by atoms with van der Waals surface area (Å²) in [4.78, 5) is 14.7. The maximum absolute atomic E-state index is 14.2. The molecule has 5 N–H and O–H groups in total. The van der Waals surface area contributed by atoms with Gasteiger partial charge in [0.2, 0.25) is 0 Å². The normalized spacial score (nSPS) is 18.7. The van der Waals surface area contributed by atoms with Crippen LogP contribution >= 0.6 is 7.82 Å². The molecule has 0 saturated carbocycles. The molecule has 2 aromatic heterocycles. The lowest BCUT2D eigenvalue weighted by Gasteiger charge is -2.26. The van der Waals surface area contributed by atoms with E-state index in [1.807, 2.05) is 36.4 Å². The van der Waals surface area contributed by atoms with Crippen LogP contribution in [-0.2, 0) is 36.1 Å². The summed E-state index contributed by atoms with van der Waals surface area (Å²) in [5, 5.41) is 13.5. The smallest absolute Gasteiger partial charge is 0.382 e. The first-order chi connectivity index (χ1) is 26.6. The fourth-order valence-corrected chi connectivity index (χ4v) is 7.78. The molecule has 1 aliphatic rings. The van der Waals surface area contributed by atoms with Crippen LogP contribution in [0.1, 0.15) is 137 Å². The summed E-state index contributed by atoms with van der Waals surface area (Å²) in [5.41, 5.74) is 14.9.